The number of thiophene rings is 1. The minimum absolute atomic E-state index is 0.0598. The molecule has 0 unspecified atom stereocenters. The minimum Gasteiger partial charge on any atom is -0.466 e. The molecule has 1 aromatic rings. The molecule has 1 rings (SSSR count). The van der Waals surface area contributed by atoms with Crippen molar-refractivity contribution in [1.29, 1.82) is 0 Å². The van der Waals surface area contributed by atoms with Crippen molar-refractivity contribution in [3.63, 3.8) is 0 Å². The van der Waals surface area contributed by atoms with Crippen LogP contribution in [0.5, 0.6) is 0 Å². The molecule has 0 aliphatic rings. The summed E-state index contributed by atoms with van der Waals surface area (Å²) in [7, 11) is 1.32. The van der Waals surface area contributed by atoms with E-state index in [0.29, 0.717) is 22.9 Å². The zero-order valence-electron chi connectivity index (χ0n) is 10.3. The molecule has 1 heterocycles. The molecule has 0 saturated carbocycles. The lowest BCUT2D eigenvalue weighted by Gasteiger charge is -2.09. The molecule has 0 atom stereocenters. The third-order valence-corrected chi connectivity index (χ3v) is 2.90. The Morgan fingerprint density at radius 3 is 2.83 bits per heavy atom. The standard InChI is InChI=1S/C12H15NO4S/c1-4-17-10(14)7-8(2)13-9-5-6-18-11(9)12(15)16-3/h5-6,13H,2,4,7H2,1,3H3. The summed E-state index contributed by atoms with van der Waals surface area (Å²) in [5.74, 6) is -0.777. The van der Waals surface area contributed by atoms with Crippen LogP contribution in [0.4, 0.5) is 5.69 Å². The maximum atomic E-state index is 11.4. The van der Waals surface area contributed by atoms with E-state index in [-0.39, 0.29) is 12.4 Å². The van der Waals surface area contributed by atoms with Crippen LogP contribution in [-0.2, 0) is 14.3 Å². The van der Waals surface area contributed by atoms with E-state index >= 15 is 0 Å². The molecule has 0 aliphatic heterocycles. The lowest BCUT2D eigenvalue weighted by Crippen LogP contribution is -2.10. The smallest absolute Gasteiger partial charge is 0.350 e. The van der Waals surface area contributed by atoms with Gasteiger partial charge in [-0.05, 0) is 18.4 Å². The zero-order chi connectivity index (χ0) is 13.5. The van der Waals surface area contributed by atoms with E-state index in [2.05, 4.69) is 16.6 Å². The number of ether oxygens (including phenoxy) is 2. The number of esters is 2. The Hall–Kier alpha value is -1.82. The van der Waals surface area contributed by atoms with E-state index in [9.17, 15) is 9.59 Å². The van der Waals surface area contributed by atoms with Crippen LogP contribution in [-0.4, -0.2) is 25.7 Å². The number of rotatable bonds is 6. The topological polar surface area (TPSA) is 64.6 Å². The van der Waals surface area contributed by atoms with Crippen LogP contribution in [0, 0.1) is 0 Å². The van der Waals surface area contributed by atoms with Crippen molar-refractivity contribution in [3.05, 3.63) is 28.6 Å². The van der Waals surface area contributed by atoms with Gasteiger partial charge in [0, 0.05) is 5.70 Å². The average Bonchev–Trinajstić information content (AvgIpc) is 2.76. The van der Waals surface area contributed by atoms with E-state index in [1.54, 1.807) is 18.4 Å². The Morgan fingerprint density at radius 1 is 1.50 bits per heavy atom. The van der Waals surface area contributed by atoms with Crippen molar-refractivity contribution in [2.24, 2.45) is 0 Å². The number of carbonyl (C=O) groups excluding carboxylic acids is 2. The molecule has 0 fully saturated rings. The first-order valence-electron chi connectivity index (χ1n) is 5.34. The van der Waals surface area contributed by atoms with Gasteiger partial charge in [-0.25, -0.2) is 4.79 Å². The first-order chi connectivity index (χ1) is 8.58. The highest BCUT2D eigenvalue weighted by Gasteiger charge is 2.14. The van der Waals surface area contributed by atoms with Crippen LogP contribution in [0.1, 0.15) is 23.0 Å². The molecule has 0 aliphatic carbocycles. The Bertz CT molecular complexity index is 453. The summed E-state index contributed by atoms with van der Waals surface area (Å²) in [4.78, 5) is 23.1. The normalized spacial score (nSPS) is 9.67. The molecule has 18 heavy (non-hydrogen) atoms. The Morgan fingerprint density at radius 2 is 2.22 bits per heavy atom. The van der Waals surface area contributed by atoms with E-state index in [1.165, 1.54) is 18.4 Å². The van der Waals surface area contributed by atoms with Gasteiger partial charge in [-0.1, -0.05) is 6.58 Å². The number of methoxy groups -OCH3 is 1. The van der Waals surface area contributed by atoms with Crippen molar-refractivity contribution < 1.29 is 19.1 Å². The summed E-state index contributed by atoms with van der Waals surface area (Å²) in [5.41, 5.74) is 1.05. The van der Waals surface area contributed by atoms with Gasteiger partial charge in [0.25, 0.3) is 0 Å². The van der Waals surface area contributed by atoms with Gasteiger partial charge in [0.2, 0.25) is 0 Å². The second kappa shape index (κ2) is 6.80. The van der Waals surface area contributed by atoms with Gasteiger partial charge in [0.05, 0.1) is 25.8 Å². The Labute approximate surface area is 109 Å². The number of hydrogen-bond acceptors (Lipinski definition) is 6. The molecule has 0 radical (unpaired) electrons. The van der Waals surface area contributed by atoms with E-state index in [4.69, 9.17) is 4.74 Å². The first kappa shape index (κ1) is 14.2. The summed E-state index contributed by atoms with van der Waals surface area (Å²) in [6.45, 7) is 5.79. The molecule has 1 aromatic heterocycles. The van der Waals surface area contributed by atoms with Crippen molar-refractivity contribution in [2.75, 3.05) is 19.0 Å². The zero-order valence-corrected chi connectivity index (χ0v) is 11.1. The minimum atomic E-state index is -0.420. The van der Waals surface area contributed by atoms with Crippen molar-refractivity contribution in [2.45, 2.75) is 13.3 Å². The molecule has 1 N–H and O–H groups in total. The predicted molar refractivity (Wildman–Crippen MR) is 69.7 cm³/mol. The van der Waals surface area contributed by atoms with Gasteiger partial charge in [-0.3, -0.25) is 4.79 Å². The summed E-state index contributed by atoms with van der Waals surface area (Å²) in [6.07, 6.45) is 0.0598. The molecule has 0 spiro atoms. The van der Waals surface area contributed by atoms with Crippen LogP contribution in [0.15, 0.2) is 23.7 Å². The van der Waals surface area contributed by atoms with E-state index in [1.807, 2.05) is 0 Å². The lowest BCUT2D eigenvalue weighted by molar-refractivity contribution is -0.142. The van der Waals surface area contributed by atoms with Gasteiger partial charge in [0.1, 0.15) is 4.88 Å². The molecular formula is C12H15NO4S. The molecule has 0 amide bonds. The highest BCUT2D eigenvalue weighted by Crippen LogP contribution is 2.24. The summed E-state index contributed by atoms with van der Waals surface area (Å²) < 4.78 is 9.45. The second-order valence-corrected chi connectivity index (χ2v) is 4.28. The lowest BCUT2D eigenvalue weighted by atomic mass is 10.3. The van der Waals surface area contributed by atoms with Gasteiger partial charge in [-0.15, -0.1) is 11.3 Å². The molecule has 0 aromatic carbocycles. The molecule has 98 valence electrons. The largest absolute Gasteiger partial charge is 0.466 e. The van der Waals surface area contributed by atoms with Gasteiger partial charge in [0.15, 0.2) is 0 Å². The maximum absolute atomic E-state index is 11.4. The van der Waals surface area contributed by atoms with Crippen LogP contribution >= 0.6 is 11.3 Å². The summed E-state index contributed by atoms with van der Waals surface area (Å²) >= 11 is 1.26. The first-order valence-corrected chi connectivity index (χ1v) is 6.22. The Balaban J connectivity index is 2.62. The van der Waals surface area contributed by atoms with Crippen LogP contribution in [0.25, 0.3) is 0 Å². The molecule has 0 saturated heterocycles. The highest BCUT2D eigenvalue weighted by atomic mass is 32.1. The second-order valence-electron chi connectivity index (χ2n) is 3.37. The third-order valence-electron chi connectivity index (χ3n) is 2.01. The van der Waals surface area contributed by atoms with Crippen LogP contribution in [0.2, 0.25) is 0 Å². The van der Waals surface area contributed by atoms with Gasteiger partial charge >= 0.3 is 11.9 Å². The fourth-order valence-electron chi connectivity index (χ4n) is 1.28. The summed E-state index contributed by atoms with van der Waals surface area (Å²) in [6, 6.07) is 1.73. The Kier molecular flexibility index (Phi) is 5.38. The number of nitrogens with one attached hydrogen (secondary N) is 1. The van der Waals surface area contributed by atoms with Crippen LogP contribution in [0.3, 0.4) is 0 Å². The van der Waals surface area contributed by atoms with Gasteiger partial charge < -0.3 is 14.8 Å². The van der Waals surface area contributed by atoms with E-state index < -0.39 is 5.97 Å². The van der Waals surface area contributed by atoms with Crippen molar-refractivity contribution in [1.82, 2.24) is 0 Å². The number of anilines is 1. The fraction of sp³-hybridized carbons (Fsp3) is 0.333. The molecule has 5 nitrogen and oxygen atoms in total. The molecule has 6 heteroatoms. The quantitative estimate of drug-likeness (QED) is 0.803. The maximum Gasteiger partial charge on any atom is 0.350 e. The van der Waals surface area contributed by atoms with Gasteiger partial charge in [-0.2, -0.15) is 0 Å². The molecular weight excluding hydrogens is 254 g/mol. The molecule has 0 bridgehead atoms. The highest BCUT2D eigenvalue weighted by molar-refractivity contribution is 7.12. The third kappa shape index (κ3) is 3.89. The van der Waals surface area contributed by atoms with Crippen LogP contribution < -0.4 is 5.32 Å². The monoisotopic (exact) mass is 269 g/mol. The fourth-order valence-corrected chi connectivity index (χ4v) is 2.05. The number of carbonyl (C=O) groups is 2. The summed E-state index contributed by atoms with van der Waals surface area (Å²) in [5, 5.41) is 4.67. The SMILES string of the molecule is C=C(CC(=O)OCC)Nc1ccsc1C(=O)OC. The van der Waals surface area contributed by atoms with E-state index in [0.717, 1.165) is 0 Å². The predicted octanol–water partition coefficient (Wildman–Crippen LogP) is 2.41. The average molecular weight is 269 g/mol. The van der Waals surface area contributed by atoms with Crippen molar-refractivity contribution in [3.8, 4) is 0 Å². The number of hydrogen-bond donors (Lipinski definition) is 1. The van der Waals surface area contributed by atoms with Crippen molar-refractivity contribution >= 4 is 29.0 Å².